The summed E-state index contributed by atoms with van der Waals surface area (Å²) in [5.74, 6) is 0.250. The second-order valence-electron chi connectivity index (χ2n) is 6.23. The van der Waals surface area contributed by atoms with Crippen LogP contribution in [0.5, 0.6) is 5.75 Å². The average Bonchev–Trinajstić information content (AvgIpc) is 3.10. The number of fused-ring (bicyclic) bond motifs is 1. The lowest BCUT2D eigenvalue weighted by Gasteiger charge is -2.14. The first-order valence-electron chi connectivity index (χ1n) is 8.73. The number of ether oxygens (including phenoxy) is 2. The van der Waals surface area contributed by atoms with Crippen LogP contribution in [0.4, 0.5) is 0 Å². The van der Waals surface area contributed by atoms with Gasteiger partial charge >= 0.3 is 5.97 Å². The van der Waals surface area contributed by atoms with Crippen molar-refractivity contribution in [2.24, 2.45) is 0 Å². The van der Waals surface area contributed by atoms with Gasteiger partial charge in [-0.3, -0.25) is 4.79 Å². The molecule has 0 bridgehead atoms. The maximum atomic E-state index is 11.9. The average molecular weight is 433 g/mol. The van der Waals surface area contributed by atoms with Crippen LogP contribution in [0.2, 0.25) is 0 Å². The lowest BCUT2D eigenvalue weighted by Crippen LogP contribution is -2.09. The topological polar surface area (TPSA) is 68.9 Å². The van der Waals surface area contributed by atoms with Crippen molar-refractivity contribution in [2.75, 3.05) is 6.61 Å². The first-order chi connectivity index (χ1) is 13.0. The Kier molecular flexibility index (Phi) is 6.19. The highest BCUT2D eigenvalue weighted by Gasteiger charge is 2.14. The number of halogens is 1. The zero-order chi connectivity index (χ0) is 19.4. The molecule has 0 radical (unpaired) electrons. The smallest absolute Gasteiger partial charge is 0.310 e. The first-order valence-corrected chi connectivity index (χ1v) is 9.52. The molecule has 0 aliphatic heterocycles. The summed E-state index contributed by atoms with van der Waals surface area (Å²) < 4.78 is 17.3. The van der Waals surface area contributed by atoms with Crippen LogP contribution in [0.25, 0.3) is 11.0 Å². The van der Waals surface area contributed by atoms with Crippen LogP contribution in [0.1, 0.15) is 36.6 Å². The van der Waals surface area contributed by atoms with Crippen molar-refractivity contribution in [1.29, 1.82) is 0 Å². The van der Waals surface area contributed by atoms with Crippen LogP contribution in [0.3, 0.4) is 0 Å². The Morgan fingerprint density at radius 1 is 1.26 bits per heavy atom. The van der Waals surface area contributed by atoms with Crippen molar-refractivity contribution in [3.63, 3.8) is 0 Å². The fraction of sp³-hybridized carbons (Fsp3) is 0.286. The minimum Gasteiger partial charge on any atom is -0.489 e. The minimum absolute atomic E-state index is 0.119. The Hall–Kier alpha value is -2.31. The molecule has 1 aromatic heterocycles. The van der Waals surface area contributed by atoms with Gasteiger partial charge in [-0.2, -0.15) is 0 Å². The maximum Gasteiger partial charge on any atom is 0.310 e. The van der Waals surface area contributed by atoms with Crippen molar-refractivity contribution < 1.29 is 23.8 Å². The summed E-state index contributed by atoms with van der Waals surface area (Å²) in [6.45, 7) is 4.11. The van der Waals surface area contributed by atoms with Gasteiger partial charge < -0.3 is 19.0 Å². The lowest BCUT2D eigenvalue weighted by molar-refractivity contribution is -0.142. The van der Waals surface area contributed by atoms with Crippen LogP contribution in [-0.4, -0.2) is 17.7 Å². The van der Waals surface area contributed by atoms with Gasteiger partial charge in [0.2, 0.25) is 0 Å². The highest BCUT2D eigenvalue weighted by Crippen LogP contribution is 2.29. The molecule has 6 heteroatoms. The summed E-state index contributed by atoms with van der Waals surface area (Å²) in [6.07, 6.45) is 1.14. The standard InChI is InChI=1S/C21H21BrO5/c1-3-25-20(24)11-16-5-4-15(13(2)23)10-19(16)27-12-14-8-17-6-7-26-21(17)18(22)9-14/h4-10,13,23H,3,11-12H2,1-2H3. The van der Waals surface area contributed by atoms with Gasteiger partial charge in [-0.05, 0) is 65.2 Å². The second-order valence-corrected chi connectivity index (χ2v) is 7.08. The number of hydrogen-bond acceptors (Lipinski definition) is 5. The first kappa shape index (κ1) is 19.5. The molecule has 142 valence electrons. The van der Waals surface area contributed by atoms with E-state index in [2.05, 4.69) is 15.9 Å². The molecule has 0 saturated carbocycles. The molecular weight excluding hydrogens is 412 g/mol. The van der Waals surface area contributed by atoms with E-state index in [-0.39, 0.29) is 12.4 Å². The molecule has 27 heavy (non-hydrogen) atoms. The summed E-state index contributed by atoms with van der Waals surface area (Å²) in [4.78, 5) is 11.9. The van der Waals surface area contributed by atoms with Crippen molar-refractivity contribution in [3.05, 3.63) is 63.8 Å². The fourth-order valence-corrected chi connectivity index (χ4v) is 3.44. The Labute approximate surface area is 166 Å². The van der Waals surface area contributed by atoms with E-state index in [0.717, 1.165) is 32.1 Å². The normalized spacial score (nSPS) is 12.1. The van der Waals surface area contributed by atoms with Crippen molar-refractivity contribution >= 4 is 32.9 Å². The van der Waals surface area contributed by atoms with E-state index in [9.17, 15) is 9.90 Å². The van der Waals surface area contributed by atoms with Crippen molar-refractivity contribution in [1.82, 2.24) is 0 Å². The minimum atomic E-state index is -0.625. The molecule has 1 N–H and O–H groups in total. The van der Waals surface area contributed by atoms with E-state index in [1.807, 2.05) is 18.2 Å². The summed E-state index contributed by atoms with van der Waals surface area (Å²) in [7, 11) is 0. The van der Waals surface area contributed by atoms with Crippen LogP contribution < -0.4 is 4.74 Å². The number of benzene rings is 2. The van der Waals surface area contributed by atoms with Gasteiger partial charge in [-0.25, -0.2) is 0 Å². The Morgan fingerprint density at radius 2 is 2.07 bits per heavy atom. The molecule has 0 aliphatic carbocycles. The SMILES string of the molecule is CCOC(=O)Cc1ccc(C(C)O)cc1OCc1cc(Br)c2occc2c1. The van der Waals surface area contributed by atoms with Gasteiger partial charge in [0.25, 0.3) is 0 Å². The number of aliphatic hydroxyl groups excluding tert-OH is 1. The van der Waals surface area contributed by atoms with E-state index in [1.165, 1.54) is 0 Å². The molecule has 0 amide bonds. The summed E-state index contributed by atoms with van der Waals surface area (Å²) in [5, 5.41) is 10.8. The second kappa shape index (κ2) is 8.59. The molecule has 0 fully saturated rings. The fourth-order valence-electron chi connectivity index (χ4n) is 2.82. The van der Waals surface area contributed by atoms with E-state index >= 15 is 0 Å². The summed E-state index contributed by atoms with van der Waals surface area (Å²) >= 11 is 3.50. The van der Waals surface area contributed by atoms with E-state index in [0.29, 0.717) is 19.0 Å². The number of carbonyl (C=O) groups excluding carboxylic acids is 1. The Bertz CT molecular complexity index is 945. The molecule has 1 unspecified atom stereocenters. The molecule has 2 aromatic carbocycles. The van der Waals surface area contributed by atoms with E-state index in [1.54, 1.807) is 38.3 Å². The molecule has 0 aliphatic rings. The van der Waals surface area contributed by atoms with Gasteiger partial charge in [-0.15, -0.1) is 0 Å². The molecule has 0 spiro atoms. The van der Waals surface area contributed by atoms with Crippen LogP contribution >= 0.6 is 15.9 Å². The number of carbonyl (C=O) groups is 1. The predicted molar refractivity (Wildman–Crippen MR) is 106 cm³/mol. The van der Waals surface area contributed by atoms with Crippen molar-refractivity contribution in [3.8, 4) is 5.75 Å². The van der Waals surface area contributed by atoms with Crippen molar-refractivity contribution in [2.45, 2.75) is 33.0 Å². The molecule has 1 heterocycles. The summed E-state index contributed by atoms with van der Waals surface area (Å²) in [5.41, 5.74) is 3.20. The van der Waals surface area contributed by atoms with Gasteiger partial charge in [0, 0.05) is 10.9 Å². The van der Waals surface area contributed by atoms with Gasteiger partial charge in [0.15, 0.2) is 0 Å². The van der Waals surface area contributed by atoms with Gasteiger partial charge in [-0.1, -0.05) is 12.1 Å². The van der Waals surface area contributed by atoms with Gasteiger partial charge in [0.1, 0.15) is 17.9 Å². The molecule has 0 saturated heterocycles. The largest absolute Gasteiger partial charge is 0.489 e. The summed E-state index contributed by atoms with van der Waals surface area (Å²) in [6, 6.07) is 11.2. The third kappa shape index (κ3) is 4.70. The zero-order valence-corrected chi connectivity index (χ0v) is 16.8. The quantitative estimate of drug-likeness (QED) is 0.535. The molecule has 3 aromatic rings. The van der Waals surface area contributed by atoms with Crippen LogP contribution in [0, 0.1) is 0 Å². The highest BCUT2D eigenvalue weighted by molar-refractivity contribution is 9.10. The lowest BCUT2D eigenvalue weighted by atomic mass is 10.0. The van der Waals surface area contributed by atoms with E-state index in [4.69, 9.17) is 13.9 Å². The number of rotatable bonds is 7. The maximum absolute atomic E-state index is 11.9. The third-order valence-corrected chi connectivity index (χ3v) is 4.76. The van der Waals surface area contributed by atoms with Crippen LogP contribution in [0.15, 0.2) is 51.6 Å². The molecule has 5 nitrogen and oxygen atoms in total. The number of furan rings is 1. The molecular formula is C21H21BrO5. The Balaban J connectivity index is 1.84. The monoisotopic (exact) mass is 432 g/mol. The molecule has 1 atom stereocenters. The van der Waals surface area contributed by atoms with Gasteiger partial charge in [0.05, 0.1) is 29.9 Å². The number of esters is 1. The number of hydrogen-bond donors (Lipinski definition) is 1. The number of aliphatic hydroxyl groups is 1. The highest BCUT2D eigenvalue weighted by atomic mass is 79.9. The Morgan fingerprint density at radius 3 is 2.81 bits per heavy atom. The molecule has 3 rings (SSSR count). The third-order valence-electron chi connectivity index (χ3n) is 4.17. The zero-order valence-electron chi connectivity index (χ0n) is 15.2. The predicted octanol–water partition coefficient (Wildman–Crippen LogP) is 4.93. The van der Waals surface area contributed by atoms with Crippen LogP contribution in [-0.2, 0) is 22.6 Å². The van der Waals surface area contributed by atoms with E-state index < -0.39 is 6.10 Å².